The van der Waals surface area contributed by atoms with Gasteiger partial charge in [0.15, 0.2) is 6.23 Å². The molecule has 5 N–H and O–H groups in total. The highest BCUT2D eigenvalue weighted by Crippen LogP contribution is 2.70. The second kappa shape index (κ2) is 7.38. The number of aromatic amines is 1. The third-order valence-corrected chi connectivity index (χ3v) is 8.86. The predicted molar refractivity (Wildman–Crippen MR) is 93.8 cm³/mol. The summed E-state index contributed by atoms with van der Waals surface area (Å²) in [6.45, 7) is -4.68. The molecule has 1 saturated heterocycles. The van der Waals surface area contributed by atoms with Gasteiger partial charge in [0, 0.05) is 12.3 Å². The minimum absolute atomic E-state index is 0.680. The summed E-state index contributed by atoms with van der Waals surface area (Å²) in [7, 11) is -11.0. The van der Waals surface area contributed by atoms with Crippen molar-refractivity contribution in [2.24, 2.45) is 5.92 Å². The van der Waals surface area contributed by atoms with Gasteiger partial charge in [0.2, 0.25) is 5.13 Å². The highest BCUT2D eigenvalue weighted by Gasteiger charge is 2.75. The van der Waals surface area contributed by atoms with E-state index in [4.69, 9.17) is 30.6 Å². The number of alkyl halides is 2. The van der Waals surface area contributed by atoms with Crippen LogP contribution in [0.25, 0.3) is 0 Å². The minimum Gasteiger partial charge on any atom is -0.346 e. The standard InChI is InChI=1S/C9H11ClFN2O12P3S/c10-9(11)4-5(22-7(9)13-2-1-3(14)12-8(13)15)6(4)23-28(21,29)25-27(19,20)24-26(16,17)18/h1-2,4-7H,(H,19,20)(H,21,29)(H,12,14,15)(H2,16,17,18)/t4?,5-,6?,7+,9+,28?/m0/s1. The lowest BCUT2D eigenvalue weighted by atomic mass is 10.2. The fourth-order valence-corrected chi connectivity index (χ4v) is 7.38. The number of hydrogen-bond donors (Lipinski definition) is 5. The van der Waals surface area contributed by atoms with Crippen LogP contribution in [0.15, 0.2) is 21.9 Å². The fraction of sp³-hybridized carbons (Fsp3) is 0.556. The molecule has 1 saturated carbocycles. The summed E-state index contributed by atoms with van der Waals surface area (Å²) in [6, 6.07) is 0.927. The topological polar surface area (TPSA) is 207 Å². The van der Waals surface area contributed by atoms with Crippen molar-refractivity contribution in [2.75, 3.05) is 0 Å². The van der Waals surface area contributed by atoms with Crippen molar-refractivity contribution in [1.82, 2.24) is 9.55 Å². The molecule has 0 amide bonds. The Hall–Kier alpha value is -0.310. The van der Waals surface area contributed by atoms with Crippen LogP contribution >= 0.6 is 34.0 Å². The Labute approximate surface area is 169 Å². The molecule has 2 heterocycles. The number of phosphoric acid groups is 2. The number of H-pyrrole nitrogens is 1. The lowest BCUT2D eigenvalue weighted by molar-refractivity contribution is -0.0579. The zero-order valence-electron chi connectivity index (χ0n) is 13.5. The van der Waals surface area contributed by atoms with Gasteiger partial charge in [0.25, 0.3) is 5.56 Å². The lowest BCUT2D eigenvalue weighted by Crippen LogP contribution is -2.40. The Morgan fingerprint density at radius 1 is 1.28 bits per heavy atom. The normalized spacial score (nSPS) is 35.5. The molecule has 4 unspecified atom stereocenters. The van der Waals surface area contributed by atoms with Crippen LogP contribution in [0.2, 0.25) is 0 Å². The maximum absolute atomic E-state index is 15.0. The molecule has 0 radical (unpaired) electrons. The smallest absolute Gasteiger partial charge is 0.346 e. The molecule has 7 atom stereocenters. The van der Waals surface area contributed by atoms with Crippen LogP contribution in [-0.2, 0) is 38.8 Å². The van der Waals surface area contributed by atoms with Crippen molar-refractivity contribution in [3.63, 3.8) is 0 Å². The number of nitrogens with one attached hydrogen (secondary N) is 1. The number of halogens is 2. The molecule has 29 heavy (non-hydrogen) atoms. The van der Waals surface area contributed by atoms with E-state index in [-0.39, 0.29) is 0 Å². The quantitative estimate of drug-likeness (QED) is 0.234. The predicted octanol–water partition coefficient (Wildman–Crippen LogP) is -0.203. The van der Waals surface area contributed by atoms with Crippen LogP contribution in [0.3, 0.4) is 0 Å². The molecule has 1 aromatic heterocycles. The monoisotopic (exact) mass is 518 g/mol. The van der Waals surface area contributed by atoms with Crippen molar-refractivity contribution in [3.8, 4) is 0 Å². The van der Waals surface area contributed by atoms with E-state index in [1.54, 1.807) is 0 Å². The zero-order chi connectivity index (χ0) is 22.0. The van der Waals surface area contributed by atoms with Crippen LogP contribution in [0.1, 0.15) is 6.23 Å². The molecule has 1 aliphatic heterocycles. The second-order valence-electron chi connectivity index (χ2n) is 5.83. The van der Waals surface area contributed by atoms with E-state index in [0.29, 0.717) is 4.57 Å². The van der Waals surface area contributed by atoms with Gasteiger partial charge >= 0.3 is 28.1 Å². The fourth-order valence-electron chi connectivity index (χ4n) is 2.70. The Bertz CT molecular complexity index is 1090. The average molecular weight is 519 g/mol. The van der Waals surface area contributed by atoms with Crippen LogP contribution in [0, 0.1) is 5.92 Å². The van der Waals surface area contributed by atoms with Crippen molar-refractivity contribution in [3.05, 3.63) is 33.1 Å². The number of nitrogens with zero attached hydrogens (tertiary/aromatic N) is 1. The summed E-state index contributed by atoms with van der Waals surface area (Å²) in [5, 5.41) is -2.78. The molecule has 164 valence electrons. The van der Waals surface area contributed by atoms with Gasteiger partial charge in [0.1, 0.15) is 6.10 Å². The van der Waals surface area contributed by atoms with Crippen molar-refractivity contribution >= 4 is 45.8 Å². The summed E-state index contributed by atoms with van der Waals surface area (Å²) in [6.07, 6.45) is -3.27. The largest absolute Gasteiger partial charge is 0.488 e. The third kappa shape index (κ3) is 5.13. The van der Waals surface area contributed by atoms with E-state index in [1.165, 1.54) is 0 Å². The first-order valence-electron chi connectivity index (χ1n) is 7.19. The molecule has 1 aliphatic carbocycles. The van der Waals surface area contributed by atoms with E-state index in [2.05, 4.69) is 20.4 Å². The molecule has 20 heteroatoms. The van der Waals surface area contributed by atoms with Gasteiger partial charge in [-0.1, -0.05) is 11.6 Å². The molecule has 2 fully saturated rings. The van der Waals surface area contributed by atoms with Crippen molar-refractivity contribution in [2.45, 2.75) is 23.6 Å². The van der Waals surface area contributed by atoms with Gasteiger partial charge in [-0.3, -0.25) is 14.3 Å². The first kappa shape index (κ1) is 23.4. The lowest BCUT2D eigenvalue weighted by Gasteiger charge is -2.27. The number of ether oxygens (including phenoxy) is 1. The third-order valence-electron chi connectivity index (χ3n) is 3.73. The van der Waals surface area contributed by atoms with Crippen molar-refractivity contribution < 1.29 is 51.0 Å². The summed E-state index contributed by atoms with van der Waals surface area (Å²) >= 11 is 10.3. The van der Waals surface area contributed by atoms with Crippen LogP contribution < -0.4 is 11.2 Å². The van der Waals surface area contributed by atoms with E-state index >= 15 is 0 Å². The van der Waals surface area contributed by atoms with Gasteiger partial charge in [0.05, 0.1) is 12.0 Å². The van der Waals surface area contributed by atoms with Crippen LogP contribution in [0.4, 0.5) is 4.39 Å². The Kier molecular flexibility index (Phi) is 5.95. The molecular weight excluding hydrogens is 508 g/mol. The highest BCUT2D eigenvalue weighted by molar-refractivity contribution is 8.08. The van der Waals surface area contributed by atoms with E-state index in [1.807, 2.05) is 4.98 Å². The van der Waals surface area contributed by atoms with Gasteiger partial charge in [-0.15, -0.1) is 0 Å². The Balaban J connectivity index is 1.70. The Morgan fingerprint density at radius 3 is 2.38 bits per heavy atom. The number of rotatable bonds is 7. The van der Waals surface area contributed by atoms with E-state index in [0.717, 1.165) is 12.3 Å². The van der Waals surface area contributed by atoms with Gasteiger partial charge in [-0.25, -0.2) is 22.6 Å². The molecule has 0 bridgehead atoms. The minimum atomic E-state index is -5.54. The molecule has 0 spiro atoms. The van der Waals surface area contributed by atoms with Gasteiger partial charge in [-0.2, -0.15) is 4.31 Å². The number of hydrogen-bond acceptors (Lipinski definition) is 9. The van der Waals surface area contributed by atoms with Crippen LogP contribution in [0.5, 0.6) is 0 Å². The SMILES string of the molecule is O=c1ccn([C@@H]2O[C@@H]3C(OP(O)(=S)OP(=O)(O)OP(=O)(O)O)C3[C@]2(F)Cl)c(=O)[nH]1. The number of aromatic nitrogens is 2. The highest BCUT2D eigenvalue weighted by atomic mass is 35.5. The second-order valence-corrected chi connectivity index (χ2v) is 12.2. The van der Waals surface area contributed by atoms with E-state index in [9.17, 15) is 32.9 Å². The number of fused-ring (bicyclic) bond motifs is 1. The maximum Gasteiger partial charge on any atom is 0.488 e. The molecular formula is C9H11ClFN2O12P3S. The Morgan fingerprint density at radius 2 is 1.90 bits per heavy atom. The van der Waals surface area contributed by atoms with Crippen LogP contribution in [-0.4, -0.2) is 46.5 Å². The summed E-state index contributed by atoms with van der Waals surface area (Å²) < 4.78 is 55.4. The maximum atomic E-state index is 15.0. The van der Waals surface area contributed by atoms with Gasteiger partial charge < -0.3 is 28.8 Å². The van der Waals surface area contributed by atoms with Crippen molar-refractivity contribution in [1.29, 1.82) is 0 Å². The summed E-state index contributed by atoms with van der Waals surface area (Å²) in [4.78, 5) is 60.8. The summed E-state index contributed by atoms with van der Waals surface area (Å²) in [5.74, 6) is -1.31. The first-order chi connectivity index (χ1) is 13.0. The first-order valence-corrected chi connectivity index (χ1v) is 13.2. The molecule has 0 aromatic carbocycles. The molecule has 2 aliphatic rings. The summed E-state index contributed by atoms with van der Waals surface area (Å²) in [5.41, 5.74) is -1.74. The average Bonchev–Trinajstić information content (AvgIpc) is 3.04. The van der Waals surface area contributed by atoms with E-state index < -0.39 is 63.1 Å². The molecule has 1 aromatic rings. The molecule has 3 rings (SSSR count). The zero-order valence-corrected chi connectivity index (χ0v) is 17.7. The molecule has 14 nitrogen and oxygen atoms in total. The van der Waals surface area contributed by atoms with Gasteiger partial charge in [-0.05, 0) is 11.8 Å².